The largest absolute Gasteiger partial charge is 0.452 e. The van der Waals surface area contributed by atoms with Crippen molar-refractivity contribution in [3.8, 4) is 0 Å². The molecule has 0 radical (unpaired) electrons. The average molecular weight is 355 g/mol. The number of nitrogens with zero attached hydrogens (tertiary/aromatic N) is 1. The van der Waals surface area contributed by atoms with Gasteiger partial charge in [-0.2, -0.15) is 0 Å². The average Bonchev–Trinajstić information content (AvgIpc) is 2.59. The Bertz CT molecular complexity index is 715. The third kappa shape index (κ3) is 4.33. The zero-order valence-corrected chi connectivity index (χ0v) is 14.5. The van der Waals surface area contributed by atoms with Crippen molar-refractivity contribution in [3.63, 3.8) is 0 Å². The van der Waals surface area contributed by atoms with E-state index in [-0.39, 0.29) is 28.2 Å². The van der Waals surface area contributed by atoms with E-state index in [1.807, 2.05) is 6.92 Å². The van der Waals surface area contributed by atoms with Gasteiger partial charge in [0.15, 0.2) is 16.4 Å². The number of morpholine rings is 1. The monoisotopic (exact) mass is 355 g/mol. The van der Waals surface area contributed by atoms with Gasteiger partial charge in [0.2, 0.25) is 0 Å². The quantitative estimate of drug-likeness (QED) is 0.729. The van der Waals surface area contributed by atoms with Gasteiger partial charge in [-0.3, -0.25) is 4.79 Å². The minimum atomic E-state index is -3.55. The number of carbonyl (C=O) groups excluding carboxylic acids is 2. The molecule has 8 heteroatoms. The van der Waals surface area contributed by atoms with Crippen molar-refractivity contribution in [1.29, 1.82) is 0 Å². The van der Waals surface area contributed by atoms with Gasteiger partial charge in [-0.15, -0.1) is 0 Å². The van der Waals surface area contributed by atoms with Crippen LogP contribution >= 0.6 is 0 Å². The summed E-state index contributed by atoms with van der Waals surface area (Å²) in [5.41, 5.74) is -0.0532. The Hall–Kier alpha value is -1.93. The lowest BCUT2D eigenvalue weighted by Crippen LogP contribution is -2.46. The zero-order valence-electron chi connectivity index (χ0n) is 13.7. The minimum Gasteiger partial charge on any atom is -0.452 e. The Kier molecular flexibility index (Phi) is 5.95. The van der Waals surface area contributed by atoms with Crippen LogP contribution in [0.5, 0.6) is 0 Å². The van der Waals surface area contributed by atoms with E-state index >= 15 is 0 Å². The van der Waals surface area contributed by atoms with Gasteiger partial charge in [0.1, 0.15) is 0 Å². The normalized spacial score (nSPS) is 18.2. The molecule has 0 aromatic heterocycles. The number of ether oxygens (including phenoxy) is 2. The summed E-state index contributed by atoms with van der Waals surface area (Å²) in [4.78, 5) is 25.8. The van der Waals surface area contributed by atoms with Crippen LogP contribution in [0.25, 0.3) is 0 Å². The van der Waals surface area contributed by atoms with Crippen molar-refractivity contribution in [3.05, 3.63) is 29.8 Å². The SMILES string of the molecule is CCS(=O)(=O)c1ccccc1C(=O)OCC(=O)N1CCOC(C)C1. The van der Waals surface area contributed by atoms with Crippen molar-refractivity contribution in [1.82, 2.24) is 4.90 Å². The Morgan fingerprint density at radius 2 is 2.04 bits per heavy atom. The van der Waals surface area contributed by atoms with E-state index in [1.165, 1.54) is 19.1 Å². The van der Waals surface area contributed by atoms with E-state index in [2.05, 4.69) is 0 Å². The molecule has 1 aliphatic heterocycles. The van der Waals surface area contributed by atoms with E-state index < -0.39 is 22.4 Å². The second kappa shape index (κ2) is 7.76. The van der Waals surface area contributed by atoms with Crippen molar-refractivity contribution in [2.24, 2.45) is 0 Å². The predicted octanol–water partition coefficient (Wildman–Crippen LogP) is 0.884. The maximum Gasteiger partial charge on any atom is 0.339 e. The third-order valence-electron chi connectivity index (χ3n) is 3.74. The highest BCUT2D eigenvalue weighted by atomic mass is 32.2. The van der Waals surface area contributed by atoms with Crippen LogP contribution in [0, 0.1) is 0 Å². The number of benzene rings is 1. The smallest absolute Gasteiger partial charge is 0.339 e. The molecule has 0 saturated carbocycles. The van der Waals surface area contributed by atoms with E-state index in [4.69, 9.17) is 9.47 Å². The van der Waals surface area contributed by atoms with Crippen LogP contribution in [0.1, 0.15) is 24.2 Å². The molecule has 1 amide bonds. The van der Waals surface area contributed by atoms with E-state index in [9.17, 15) is 18.0 Å². The molecule has 1 aliphatic rings. The summed E-state index contributed by atoms with van der Waals surface area (Å²) in [5.74, 6) is -1.27. The lowest BCUT2D eigenvalue weighted by atomic mass is 10.2. The van der Waals surface area contributed by atoms with Gasteiger partial charge in [0, 0.05) is 13.1 Å². The lowest BCUT2D eigenvalue weighted by molar-refractivity contribution is -0.141. The van der Waals surface area contributed by atoms with Gasteiger partial charge < -0.3 is 14.4 Å². The second-order valence-corrected chi connectivity index (χ2v) is 7.74. The molecule has 0 spiro atoms. The predicted molar refractivity (Wildman–Crippen MR) is 86.4 cm³/mol. The van der Waals surface area contributed by atoms with E-state index in [1.54, 1.807) is 17.0 Å². The van der Waals surface area contributed by atoms with Crippen LogP contribution in [-0.2, 0) is 24.1 Å². The third-order valence-corrected chi connectivity index (χ3v) is 5.53. The molecule has 1 saturated heterocycles. The molecular formula is C16H21NO6S. The number of rotatable bonds is 5. The van der Waals surface area contributed by atoms with E-state index in [0.717, 1.165) is 0 Å². The molecule has 2 rings (SSSR count). The van der Waals surface area contributed by atoms with Gasteiger partial charge in [0.05, 0.1) is 28.9 Å². The Morgan fingerprint density at radius 1 is 1.33 bits per heavy atom. The van der Waals surface area contributed by atoms with Crippen molar-refractivity contribution in [2.75, 3.05) is 32.1 Å². The summed E-state index contributed by atoms with van der Waals surface area (Å²) in [6, 6.07) is 5.84. The molecule has 24 heavy (non-hydrogen) atoms. The first-order valence-corrected chi connectivity index (χ1v) is 9.38. The summed E-state index contributed by atoms with van der Waals surface area (Å²) in [5, 5.41) is 0. The van der Waals surface area contributed by atoms with Crippen LogP contribution in [0.2, 0.25) is 0 Å². The molecule has 1 unspecified atom stereocenters. The summed E-state index contributed by atoms with van der Waals surface area (Å²) >= 11 is 0. The zero-order chi connectivity index (χ0) is 17.7. The molecule has 132 valence electrons. The van der Waals surface area contributed by atoms with Gasteiger partial charge >= 0.3 is 5.97 Å². The number of sulfone groups is 1. The number of esters is 1. The first kappa shape index (κ1) is 18.4. The summed E-state index contributed by atoms with van der Waals surface area (Å²) in [6.07, 6.45) is -0.0613. The molecule has 1 atom stereocenters. The van der Waals surface area contributed by atoms with Crippen LogP contribution < -0.4 is 0 Å². The molecule has 0 N–H and O–H groups in total. The molecule has 1 aromatic carbocycles. The highest BCUT2D eigenvalue weighted by Gasteiger charge is 2.25. The molecule has 1 heterocycles. The number of hydrogen-bond donors (Lipinski definition) is 0. The van der Waals surface area contributed by atoms with Crippen LogP contribution in [0.4, 0.5) is 0 Å². The first-order chi connectivity index (χ1) is 11.3. The summed E-state index contributed by atoms with van der Waals surface area (Å²) in [7, 11) is -3.55. The topological polar surface area (TPSA) is 90.0 Å². The molecule has 1 aromatic rings. The standard InChI is InChI=1S/C16H21NO6S/c1-3-24(20,21)14-7-5-4-6-13(14)16(19)23-11-15(18)17-8-9-22-12(2)10-17/h4-7,12H,3,8-11H2,1-2H3. The lowest BCUT2D eigenvalue weighted by Gasteiger charge is -2.30. The van der Waals surface area contributed by atoms with Crippen LogP contribution in [0.3, 0.4) is 0 Å². The maximum absolute atomic E-state index is 12.2. The second-order valence-electron chi connectivity index (χ2n) is 5.50. The Labute approximate surface area is 141 Å². The van der Waals surface area contributed by atoms with Gasteiger partial charge in [0.25, 0.3) is 5.91 Å². The van der Waals surface area contributed by atoms with E-state index in [0.29, 0.717) is 19.7 Å². The first-order valence-electron chi connectivity index (χ1n) is 7.73. The fourth-order valence-electron chi connectivity index (χ4n) is 2.40. The van der Waals surface area contributed by atoms with Crippen LogP contribution in [0.15, 0.2) is 29.2 Å². The fourth-order valence-corrected chi connectivity index (χ4v) is 3.49. The van der Waals surface area contributed by atoms with Crippen LogP contribution in [-0.4, -0.2) is 63.4 Å². The van der Waals surface area contributed by atoms with Gasteiger partial charge in [-0.25, -0.2) is 13.2 Å². The fraction of sp³-hybridized carbons (Fsp3) is 0.500. The number of hydrogen-bond acceptors (Lipinski definition) is 6. The van der Waals surface area contributed by atoms with Crippen molar-refractivity contribution >= 4 is 21.7 Å². The Balaban J connectivity index is 2.04. The molecule has 0 aliphatic carbocycles. The van der Waals surface area contributed by atoms with Crippen molar-refractivity contribution in [2.45, 2.75) is 24.8 Å². The Morgan fingerprint density at radius 3 is 2.71 bits per heavy atom. The highest BCUT2D eigenvalue weighted by molar-refractivity contribution is 7.91. The maximum atomic E-state index is 12.2. The molecule has 1 fully saturated rings. The number of amides is 1. The highest BCUT2D eigenvalue weighted by Crippen LogP contribution is 2.18. The molecule has 0 bridgehead atoms. The molecule has 7 nitrogen and oxygen atoms in total. The summed E-state index contributed by atoms with van der Waals surface area (Å²) < 4.78 is 34.5. The minimum absolute atomic E-state index is 0.0532. The summed E-state index contributed by atoms with van der Waals surface area (Å²) in [6.45, 7) is 4.26. The van der Waals surface area contributed by atoms with Gasteiger partial charge in [-0.1, -0.05) is 19.1 Å². The van der Waals surface area contributed by atoms with Gasteiger partial charge in [-0.05, 0) is 19.1 Å². The van der Waals surface area contributed by atoms with Crippen molar-refractivity contribution < 1.29 is 27.5 Å². The molecular weight excluding hydrogens is 334 g/mol. The number of carbonyl (C=O) groups is 2.